The van der Waals surface area contributed by atoms with Gasteiger partial charge in [-0.3, -0.25) is 14.8 Å². The van der Waals surface area contributed by atoms with Crippen LogP contribution in [-0.4, -0.2) is 20.7 Å². The number of anilines is 1. The summed E-state index contributed by atoms with van der Waals surface area (Å²) in [5, 5.41) is 8.36. The number of thiazole rings is 1. The number of hydrogen-bond acceptors (Lipinski definition) is 4. The van der Waals surface area contributed by atoms with Gasteiger partial charge in [0.2, 0.25) is 0 Å². The molecule has 0 fully saturated rings. The van der Waals surface area contributed by atoms with Crippen LogP contribution in [0.1, 0.15) is 23.1 Å². The van der Waals surface area contributed by atoms with Crippen molar-refractivity contribution in [3.63, 3.8) is 0 Å². The Morgan fingerprint density at radius 1 is 1.41 bits per heavy atom. The third kappa shape index (κ3) is 2.69. The molecule has 8 heteroatoms. The number of aromatic nitrogens is 3. The molecule has 3 rings (SSSR count). The number of halogens is 2. The van der Waals surface area contributed by atoms with Crippen LogP contribution in [0, 0.1) is 6.92 Å². The highest BCUT2D eigenvalue weighted by Crippen LogP contribution is 2.35. The van der Waals surface area contributed by atoms with Crippen LogP contribution in [-0.2, 0) is 6.54 Å². The van der Waals surface area contributed by atoms with Gasteiger partial charge in [-0.25, -0.2) is 4.98 Å². The summed E-state index contributed by atoms with van der Waals surface area (Å²) in [6.45, 7) is 4.41. The lowest BCUT2D eigenvalue weighted by Crippen LogP contribution is -2.17. The molecule has 22 heavy (non-hydrogen) atoms. The van der Waals surface area contributed by atoms with E-state index in [9.17, 15) is 4.79 Å². The summed E-state index contributed by atoms with van der Waals surface area (Å²) in [4.78, 5) is 16.7. The second-order valence-electron chi connectivity index (χ2n) is 4.67. The molecule has 0 atom stereocenters. The Labute approximate surface area is 140 Å². The summed E-state index contributed by atoms with van der Waals surface area (Å²) in [7, 11) is 0. The molecule has 2 aromatic heterocycles. The van der Waals surface area contributed by atoms with Crippen molar-refractivity contribution in [3.8, 4) is 0 Å². The molecule has 0 bridgehead atoms. The first-order valence-corrected chi connectivity index (χ1v) is 8.17. The average Bonchev–Trinajstić information content (AvgIpc) is 3.06. The van der Waals surface area contributed by atoms with Crippen LogP contribution >= 0.6 is 34.5 Å². The van der Waals surface area contributed by atoms with Crippen molar-refractivity contribution in [2.24, 2.45) is 0 Å². The molecule has 2 heterocycles. The maximum absolute atomic E-state index is 12.4. The number of rotatable bonds is 3. The van der Waals surface area contributed by atoms with E-state index >= 15 is 0 Å². The van der Waals surface area contributed by atoms with Gasteiger partial charge in [0.15, 0.2) is 5.13 Å². The number of carbonyl (C=O) groups excluding carboxylic acids is 1. The third-order valence-electron chi connectivity index (χ3n) is 3.11. The number of nitrogens with zero attached hydrogens (tertiary/aromatic N) is 3. The molecule has 0 saturated carbocycles. The first-order chi connectivity index (χ1) is 10.5. The zero-order chi connectivity index (χ0) is 15.9. The number of aryl methyl sites for hydroxylation is 2. The lowest BCUT2D eigenvalue weighted by molar-refractivity contribution is 0.101. The summed E-state index contributed by atoms with van der Waals surface area (Å²) >= 11 is 13.5. The van der Waals surface area contributed by atoms with Gasteiger partial charge in [-0.05, 0) is 32.0 Å². The normalized spacial score (nSPS) is 11.1. The smallest absolute Gasteiger partial charge is 0.275 e. The first kappa shape index (κ1) is 15.3. The Hall–Kier alpha value is -1.63. The highest BCUT2D eigenvalue weighted by Gasteiger charge is 2.16. The van der Waals surface area contributed by atoms with E-state index in [1.807, 2.05) is 19.9 Å². The molecule has 0 aliphatic carbocycles. The minimum Gasteiger partial charge on any atom is -0.296 e. The van der Waals surface area contributed by atoms with Crippen molar-refractivity contribution < 1.29 is 4.79 Å². The van der Waals surface area contributed by atoms with Crippen molar-refractivity contribution in [1.82, 2.24) is 14.8 Å². The van der Waals surface area contributed by atoms with Crippen LogP contribution in [0.5, 0.6) is 0 Å². The molecule has 3 aromatic rings. The van der Waals surface area contributed by atoms with E-state index in [4.69, 9.17) is 23.2 Å². The van der Waals surface area contributed by atoms with E-state index in [0.717, 1.165) is 10.4 Å². The second kappa shape index (κ2) is 5.87. The number of nitrogens with one attached hydrogen (secondary N) is 1. The lowest BCUT2D eigenvalue weighted by Gasteiger charge is -2.03. The molecule has 0 spiro atoms. The average molecular weight is 355 g/mol. The van der Waals surface area contributed by atoms with E-state index in [2.05, 4.69) is 15.4 Å². The molecule has 0 saturated heterocycles. The predicted octanol–water partition coefficient (Wildman–Crippen LogP) is 4.38. The van der Waals surface area contributed by atoms with E-state index in [1.54, 1.807) is 16.8 Å². The highest BCUT2D eigenvalue weighted by molar-refractivity contribution is 7.22. The fraction of sp³-hybridized carbons (Fsp3) is 0.214. The number of benzene rings is 1. The largest absolute Gasteiger partial charge is 0.296 e. The third-order valence-corrected chi connectivity index (χ3v) is 4.84. The van der Waals surface area contributed by atoms with E-state index in [-0.39, 0.29) is 5.91 Å². The van der Waals surface area contributed by atoms with Gasteiger partial charge in [-0.2, -0.15) is 5.10 Å². The maximum atomic E-state index is 12.4. The second-order valence-corrected chi connectivity index (χ2v) is 6.48. The Kier molecular flexibility index (Phi) is 4.08. The molecule has 0 aliphatic heterocycles. The number of fused-ring (bicyclic) bond motifs is 1. The van der Waals surface area contributed by atoms with Gasteiger partial charge in [0.1, 0.15) is 11.2 Å². The topological polar surface area (TPSA) is 59.8 Å². The molecule has 0 unspecified atom stereocenters. The van der Waals surface area contributed by atoms with Crippen LogP contribution in [0.2, 0.25) is 10.0 Å². The van der Waals surface area contributed by atoms with Gasteiger partial charge in [0.25, 0.3) is 5.91 Å². The number of amides is 1. The zero-order valence-electron chi connectivity index (χ0n) is 11.9. The van der Waals surface area contributed by atoms with Crippen molar-refractivity contribution in [3.05, 3.63) is 39.6 Å². The summed E-state index contributed by atoms with van der Waals surface area (Å²) in [6, 6.07) is 5.29. The van der Waals surface area contributed by atoms with Crippen molar-refractivity contribution in [2.75, 3.05) is 5.32 Å². The Balaban J connectivity index is 1.92. The minimum absolute atomic E-state index is 0.247. The first-order valence-electron chi connectivity index (χ1n) is 6.60. The van der Waals surface area contributed by atoms with Crippen molar-refractivity contribution >= 4 is 55.8 Å². The SMILES string of the molecule is CCn1nc(C)cc1C(=O)Nc1nc2c(Cl)c(Cl)ccc2s1. The van der Waals surface area contributed by atoms with Gasteiger partial charge < -0.3 is 0 Å². The maximum Gasteiger partial charge on any atom is 0.275 e. The molecule has 1 amide bonds. The summed E-state index contributed by atoms with van der Waals surface area (Å²) in [5.74, 6) is -0.247. The summed E-state index contributed by atoms with van der Waals surface area (Å²) in [5.41, 5.74) is 1.89. The summed E-state index contributed by atoms with van der Waals surface area (Å²) < 4.78 is 2.52. The van der Waals surface area contributed by atoms with Gasteiger partial charge >= 0.3 is 0 Å². The standard InChI is InChI=1S/C14H12Cl2N4OS/c1-3-20-9(6-7(2)19-20)13(21)18-14-17-12-10(22-14)5-4-8(15)11(12)16/h4-6H,3H2,1-2H3,(H,17,18,21). The molecular formula is C14H12Cl2N4OS. The van der Waals surface area contributed by atoms with Crippen molar-refractivity contribution in [2.45, 2.75) is 20.4 Å². The van der Waals surface area contributed by atoms with Crippen LogP contribution < -0.4 is 5.32 Å². The number of hydrogen-bond donors (Lipinski definition) is 1. The van der Waals surface area contributed by atoms with Gasteiger partial charge in [0, 0.05) is 6.54 Å². The Bertz CT molecular complexity index is 871. The number of carbonyl (C=O) groups is 1. The molecule has 0 radical (unpaired) electrons. The Morgan fingerprint density at radius 3 is 2.91 bits per heavy atom. The molecule has 1 N–H and O–H groups in total. The van der Waals surface area contributed by atoms with E-state index < -0.39 is 0 Å². The highest BCUT2D eigenvalue weighted by atomic mass is 35.5. The van der Waals surface area contributed by atoms with E-state index in [0.29, 0.717) is 32.9 Å². The van der Waals surface area contributed by atoms with Crippen LogP contribution in [0.3, 0.4) is 0 Å². The van der Waals surface area contributed by atoms with Gasteiger partial charge in [-0.15, -0.1) is 0 Å². The Morgan fingerprint density at radius 2 is 2.18 bits per heavy atom. The molecular weight excluding hydrogens is 343 g/mol. The van der Waals surface area contributed by atoms with Crippen LogP contribution in [0.25, 0.3) is 10.2 Å². The quantitative estimate of drug-likeness (QED) is 0.758. The van der Waals surface area contributed by atoms with Crippen molar-refractivity contribution in [1.29, 1.82) is 0 Å². The van der Waals surface area contributed by atoms with Crippen LogP contribution in [0.15, 0.2) is 18.2 Å². The van der Waals surface area contributed by atoms with Gasteiger partial charge in [-0.1, -0.05) is 34.5 Å². The van der Waals surface area contributed by atoms with Crippen LogP contribution in [0.4, 0.5) is 5.13 Å². The molecule has 114 valence electrons. The van der Waals surface area contributed by atoms with E-state index in [1.165, 1.54) is 11.3 Å². The summed E-state index contributed by atoms with van der Waals surface area (Å²) in [6.07, 6.45) is 0. The fourth-order valence-electron chi connectivity index (χ4n) is 2.12. The zero-order valence-corrected chi connectivity index (χ0v) is 14.2. The van der Waals surface area contributed by atoms with Gasteiger partial charge in [0.05, 0.1) is 20.4 Å². The molecule has 1 aromatic carbocycles. The monoisotopic (exact) mass is 354 g/mol. The minimum atomic E-state index is -0.247. The lowest BCUT2D eigenvalue weighted by atomic mass is 10.3. The molecule has 0 aliphatic rings. The predicted molar refractivity (Wildman–Crippen MR) is 90.2 cm³/mol. The molecule has 5 nitrogen and oxygen atoms in total. The fourth-order valence-corrected chi connectivity index (χ4v) is 3.41.